The molecule has 21 heavy (non-hydrogen) atoms. The van der Waals surface area contributed by atoms with E-state index in [4.69, 9.17) is 10.3 Å². The van der Waals surface area contributed by atoms with Gasteiger partial charge in [0, 0.05) is 20.2 Å². The Hall–Kier alpha value is -1.73. The number of anilines is 1. The Labute approximate surface area is 136 Å². The summed E-state index contributed by atoms with van der Waals surface area (Å²) in [5.74, 6) is 0.236. The van der Waals surface area contributed by atoms with Crippen molar-refractivity contribution in [1.82, 2.24) is 10.1 Å². The monoisotopic (exact) mass is 411 g/mol. The van der Waals surface area contributed by atoms with Gasteiger partial charge in [-0.3, -0.25) is 0 Å². The second-order valence-electron chi connectivity index (χ2n) is 4.32. The minimum absolute atomic E-state index is 0.305. The summed E-state index contributed by atoms with van der Waals surface area (Å²) in [7, 11) is 0. The van der Waals surface area contributed by atoms with Gasteiger partial charge in [-0.2, -0.15) is 4.98 Å². The topological polar surface area (TPSA) is 64.9 Å². The maximum absolute atomic E-state index is 13.4. The van der Waals surface area contributed by atoms with Crippen molar-refractivity contribution >= 4 is 37.5 Å². The first-order chi connectivity index (χ1) is 10.0. The van der Waals surface area contributed by atoms with Crippen LogP contribution >= 0.6 is 31.9 Å². The largest absolute Gasteiger partial charge is 0.399 e. The van der Waals surface area contributed by atoms with E-state index in [-0.39, 0.29) is 5.82 Å². The summed E-state index contributed by atoms with van der Waals surface area (Å²) >= 11 is 6.64. The number of nitrogens with two attached hydrogens (primary N) is 1. The summed E-state index contributed by atoms with van der Waals surface area (Å²) in [5, 5.41) is 3.88. The van der Waals surface area contributed by atoms with Crippen LogP contribution in [0.2, 0.25) is 0 Å². The third-order valence-electron chi connectivity index (χ3n) is 2.77. The Morgan fingerprint density at radius 1 is 1.10 bits per heavy atom. The number of hydrogen-bond acceptors (Lipinski definition) is 4. The molecule has 0 saturated heterocycles. The lowest BCUT2D eigenvalue weighted by Gasteiger charge is -2.00. The zero-order valence-electron chi connectivity index (χ0n) is 10.5. The van der Waals surface area contributed by atoms with E-state index < -0.39 is 0 Å². The molecule has 0 radical (unpaired) electrons. The van der Waals surface area contributed by atoms with Gasteiger partial charge in [-0.15, -0.1) is 0 Å². The molecule has 106 valence electrons. The molecule has 0 atom stereocenters. The van der Waals surface area contributed by atoms with Gasteiger partial charge in [0.25, 0.3) is 5.89 Å². The van der Waals surface area contributed by atoms with Crippen LogP contribution in [-0.2, 0) is 0 Å². The fraction of sp³-hybridized carbons (Fsp3) is 0. The summed E-state index contributed by atoms with van der Waals surface area (Å²) in [5.41, 5.74) is 7.55. The second kappa shape index (κ2) is 5.57. The molecule has 0 aliphatic heterocycles. The van der Waals surface area contributed by atoms with E-state index in [0.717, 1.165) is 4.47 Å². The lowest BCUT2D eigenvalue weighted by atomic mass is 10.2. The Kier molecular flexibility index (Phi) is 3.77. The van der Waals surface area contributed by atoms with Crippen molar-refractivity contribution in [3.05, 3.63) is 51.2 Å². The summed E-state index contributed by atoms with van der Waals surface area (Å²) < 4.78 is 20.0. The van der Waals surface area contributed by atoms with Gasteiger partial charge in [-0.25, -0.2) is 4.39 Å². The number of rotatable bonds is 2. The molecule has 0 aliphatic carbocycles. The Balaban J connectivity index is 2.05. The molecule has 0 bridgehead atoms. The highest BCUT2D eigenvalue weighted by molar-refractivity contribution is 9.10. The number of nitrogen functional groups attached to an aromatic ring is 1. The average molecular weight is 413 g/mol. The molecule has 4 nitrogen and oxygen atoms in total. The normalized spacial score (nSPS) is 10.8. The van der Waals surface area contributed by atoms with Gasteiger partial charge in [0.1, 0.15) is 5.82 Å². The molecule has 0 amide bonds. The fourth-order valence-corrected chi connectivity index (χ4v) is 2.72. The van der Waals surface area contributed by atoms with E-state index in [9.17, 15) is 4.39 Å². The molecule has 0 aliphatic rings. The van der Waals surface area contributed by atoms with Crippen LogP contribution < -0.4 is 5.73 Å². The van der Waals surface area contributed by atoms with Crippen LogP contribution in [0.1, 0.15) is 0 Å². The molecule has 0 spiro atoms. The van der Waals surface area contributed by atoms with Crippen LogP contribution in [-0.4, -0.2) is 10.1 Å². The summed E-state index contributed by atoms with van der Waals surface area (Å²) in [4.78, 5) is 4.28. The van der Waals surface area contributed by atoms with Gasteiger partial charge in [0.15, 0.2) is 0 Å². The minimum atomic E-state index is -0.379. The number of halogens is 3. The maximum Gasteiger partial charge on any atom is 0.259 e. The minimum Gasteiger partial charge on any atom is -0.399 e. The van der Waals surface area contributed by atoms with Crippen LogP contribution in [0.5, 0.6) is 0 Å². The number of benzene rings is 2. The zero-order chi connectivity index (χ0) is 15.0. The highest BCUT2D eigenvalue weighted by atomic mass is 79.9. The molecule has 2 N–H and O–H groups in total. The first-order valence-electron chi connectivity index (χ1n) is 5.88. The quantitative estimate of drug-likeness (QED) is 0.622. The lowest BCUT2D eigenvalue weighted by molar-refractivity contribution is 0.432. The predicted octanol–water partition coefficient (Wildman–Crippen LogP) is 4.65. The van der Waals surface area contributed by atoms with E-state index in [0.29, 0.717) is 33.0 Å². The summed E-state index contributed by atoms with van der Waals surface area (Å²) in [6, 6.07) is 9.70. The second-order valence-corrected chi connectivity index (χ2v) is 6.09. The molecule has 0 fully saturated rings. The molecule has 2 aromatic carbocycles. The van der Waals surface area contributed by atoms with Crippen LogP contribution in [0.3, 0.4) is 0 Å². The highest BCUT2D eigenvalue weighted by Crippen LogP contribution is 2.31. The van der Waals surface area contributed by atoms with E-state index in [1.807, 2.05) is 0 Å². The summed E-state index contributed by atoms with van der Waals surface area (Å²) in [6.07, 6.45) is 0. The Morgan fingerprint density at radius 2 is 1.90 bits per heavy atom. The van der Waals surface area contributed by atoms with E-state index in [1.54, 1.807) is 24.3 Å². The van der Waals surface area contributed by atoms with Gasteiger partial charge >= 0.3 is 0 Å². The molecular formula is C14H8Br2FN3O. The van der Waals surface area contributed by atoms with Gasteiger partial charge in [-0.1, -0.05) is 21.1 Å². The predicted molar refractivity (Wildman–Crippen MR) is 84.9 cm³/mol. The molecule has 0 saturated carbocycles. The van der Waals surface area contributed by atoms with Crippen LogP contribution in [0.4, 0.5) is 10.1 Å². The van der Waals surface area contributed by atoms with Crippen molar-refractivity contribution in [2.24, 2.45) is 0 Å². The van der Waals surface area contributed by atoms with Gasteiger partial charge in [0.05, 0.1) is 5.56 Å². The van der Waals surface area contributed by atoms with E-state index >= 15 is 0 Å². The standard InChI is InChI=1S/C14H8Br2FN3O/c15-8-3-7(4-9(17)5-8)13-19-14(21-20-13)11-6-10(18)1-2-12(11)16/h1-6H,18H2. The van der Waals surface area contributed by atoms with Crippen molar-refractivity contribution < 1.29 is 8.91 Å². The van der Waals surface area contributed by atoms with Crippen LogP contribution in [0.15, 0.2) is 49.9 Å². The van der Waals surface area contributed by atoms with Crippen molar-refractivity contribution in [3.63, 3.8) is 0 Å². The van der Waals surface area contributed by atoms with E-state index in [2.05, 4.69) is 42.0 Å². The summed E-state index contributed by atoms with van der Waals surface area (Å²) in [6.45, 7) is 0. The fourth-order valence-electron chi connectivity index (χ4n) is 1.84. The molecule has 3 aromatic rings. The van der Waals surface area contributed by atoms with Gasteiger partial charge < -0.3 is 10.3 Å². The van der Waals surface area contributed by atoms with Crippen molar-refractivity contribution in [1.29, 1.82) is 0 Å². The third-order valence-corrected chi connectivity index (χ3v) is 3.92. The number of nitrogens with zero attached hydrogens (tertiary/aromatic N) is 2. The van der Waals surface area contributed by atoms with Crippen molar-refractivity contribution in [2.75, 3.05) is 5.73 Å². The zero-order valence-corrected chi connectivity index (χ0v) is 13.7. The molecule has 0 unspecified atom stereocenters. The number of hydrogen-bond donors (Lipinski definition) is 1. The molecular weight excluding hydrogens is 405 g/mol. The highest BCUT2D eigenvalue weighted by Gasteiger charge is 2.14. The van der Waals surface area contributed by atoms with E-state index in [1.165, 1.54) is 12.1 Å². The Morgan fingerprint density at radius 3 is 2.67 bits per heavy atom. The number of aromatic nitrogens is 2. The SMILES string of the molecule is Nc1ccc(Br)c(-c2nc(-c3cc(F)cc(Br)c3)no2)c1. The third kappa shape index (κ3) is 2.98. The first-order valence-corrected chi connectivity index (χ1v) is 7.47. The smallest absolute Gasteiger partial charge is 0.259 e. The average Bonchev–Trinajstić information content (AvgIpc) is 2.90. The van der Waals surface area contributed by atoms with Gasteiger partial charge in [-0.05, 0) is 52.3 Å². The molecule has 1 aromatic heterocycles. The Bertz CT molecular complexity index is 799. The van der Waals surface area contributed by atoms with Crippen LogP contribution in [0, 0.1) is 5.82 Å². The van der Waals surface area contributed by atoms with Gasteiger partial charge in [0.2, 0.25) is 5.82 Å². The maximum atomic E-state index is 13.4. The first kappa shape index (κ1) is 14.2. The van der Waals surface area contributed by atoms with Crippen LogP contribution in [0.25, 0.3) is 22.8 Å². The molecule has 3 rings (SSSR count). The lowest BCUT2D eigenvalue weighted by Crippen LogP contribution is -1.87. The molecule has 7 heteroatoms. The van der Waals surface area contributed by atoms with Crippen molar-refractivity contribution in [3.8, 4) is 22.8 Å². The molecule has 1 heterocycles. The van der Waals surface area contributed by atoms with Crippen molar-refractivity contribution in [2.45, 2.75) is 0 Å².